The SMILES string of the molecule is CCN(CC)c1ncc(N(C)C(=O)N(C)C)c(N[C@@H](Cc2ccc(OC(=O)N3CCCC3)cc2)C(=O)O)n1.CCN(CC)c1ncc(N(C)C(=O)N(C)C)c(N[C@@H](Cc2ccc(OC(=O)N3CCCC3)cc2)C(=O)OC(C)(C)C)n1. The van der Waals surface area contributed by atoms with Gasteiger partial charge in [0.05, 0.1) is 12.4 Å². The molecule has 0 radical (unpaired) electrons. The number of benzene rings is 2. The predicted molar refractivity (Wildman–Crippen MR) is 308 cm³/mol. The summed E-state index contributed by atoms with van der Waals surface area (Å²) in [6.07, 6.45) is 6.67. The maximum absolute atomic E-state index is 13.5. The third-order valence-electron chi connectivity index (χ3n) is 13.1. The summed E-state index contributed by atoms with van der Waals surface area (Å²) in [5, 5.41) is 16.3. The van der Waals surface area contributed by atoms with Gasteiger partial charge in [-0.1, -0.05) is 24.3 Å². The highest BCUT2D eigenvalue weighted by atomic mass is 16.6. The van der Waals surface area contributed by atoms with Crippen LogP contribution in [0.15, 0.2) is 60.9 Å². The minimum Gasteiger partial charge on any atom is -0.480 e. The number of carbonyl (C=O) groups excluding carboxylic acids is 5. The highest BCUT2D eigenvalue weighted by Gasteiger charge is 2.30. The van der Waals surface area contributed by atoms with Crippen molar-refractivity contribution in [3.63, 3.8) is 0 Å². The number of ether oxygens (including phenoxy) is 3. The predicted octanol–water partition coefficient (Wildman–Crippen LogP) is 7.54. The largest absolute Gasteiger partial charge is 0.480 e. The van der Waals surface area contributed by atoms with Crippen LogP contribution in [0.2, 0.25) is 0 Å². The van der Waals surface area contributed by atoms with Crippen molar-refractivity contribution in [1.82, 2.24) is 39.5 Å². The second-order valence-corrected chi connectivity index (χ2v) is 20.7. The maximum atomic E-state index is 13.5. The molecule has 0 bridgehead atoms. The molecule has 2 atom stereocenters. The zero-order chi connectivity index (χ0) is 58.8. The van der Waals surface area contributed by atoms with Crippen molar-refractivity contribution in [3.05, 3.63) is 72.1 Å². The number of carboxylic acids is 1. The van der Waals surface area contributed by atoms with E-state index in [0.717, 1.165) is 36.8 Å². The van der Waals surface area contributed by atoms with Crippen LogP contribution in [0, 0.1) is 0 Å². The Hall–Kier alpha value is -8.18. The van der Waals surface area contributed by atoms with Crippen molar-refractivity contribution >= 4 is 71.1 Å². The number of esters is 1. The van der Waals surface area contributed by atoms with Crippen molar-refractivity contribution in [2.24, 2.45) is 0 Å². The first-order valence-electron chi connectivity index (χ1n) is 27.2. The number of hydrogen-bond donors (Lipinski definition) is 3. The number of hydrogen-bond acceptors (Lipinski definition) is 17. The van der Waals surface area contributed by atoms with E-state index < -0.39 is 29.6 Å². The number of carbonyl (C=O) groups is 6. The average molecular weight is 1110 g/mol. The molecule has 2 aliphatic rings. The highest BCUT2D eigenvalue weighted by Crippen LogP contribution is 2.30. The molecule has 24 nitrogen and oxygen atoms in total. The normalized spacial score (nSPS) is 13.7. The number of anilines is 6. The van der Waals surface area contributed by atoms with Gasteiger partial charge in [-0.2, -0.15) is 9.97 Å². The molecule has 0 spiro atoms. The lowest BCUT2D eigenvalue weighted by Gasteiger charge is -2.28. The first-order valence-corrected chi connectivity index (χ1v) is 27.2. The zero-order valence-corrected chi connectivity index (χ0v) is 48.8. The molecule has 0 unspecified atom stereocenters. The Morgan fingerprint density at radius 2 is 0.925 bits per heavy atom. The molecule has 4 aromatic rings. The number of urea groups is 2. The van der Waals surface area contributed by atoms with Gasteiger partial charge in [0.15, 0.2) is 11.6 Å². The number of aromatic nitrogens is 4. The Balaban J connectivity index is 0.000000295. The fraction of sp³-hybridized carbons (Fsp3) is 0.536. The molecule has 2 saturated heterocycles. The molecule has 4 heterocycles. The Labute approximate surface area is 470 Å². The fourth-order valence-electron chi connectivity index (χ4n) is 8.64. The van der Waals surface area contributed by atoms with Gasteiger partial charge in [0.2, 0.25) is 11.9 Å². The van der Waals surface area contributed by atoms with Crippen molar-refractivity contribution in [2.75, 3.05) is 125 Å². The number of nitrogens with zero attached hydrogens (tertiary/aromatic N) is 12. The topological polar surface area (TPSA) is 252 Å². The molecule has 436 valence electrons. The summed E-state index contributed by atoms with van der Waals surface area (Å²) in [4.78, 5) is 107. The molecule has 3 N–H and O–H groups in total. The van der Waals surface area contributed by atoms with Crippen LogP contribution in [0.4, 0.5) is 54.1 Å². The number of nitrogens with one attached hydrogen (secondary N) is 2. The molecule has 6 rings (SSSR count). The first kappa shape index (κ1) is 62.7. The number of rotatable bonds is 20. The van der Waals surface area contributed by atoms with Crippen molar-refractivity contribution in [3.8, 4) is 11.5 Å². The monoisotopic (exact) mass is 1110 g/mol. The molecule has 24 heteroatoms. The van der Waals surface area contributed by atoms with Gasteiger partial charge < -0.3 is 59.4 Å². The van der Waals surface area contributed by atoms with Crippen LogP contribution < -0.4 is 39.7 Å². The van der Waals surface area contributed by atoms with Crippen molar-refractivity contribution in [1.29, 1.82) is 0 Å². The summed E-state index contributed by atoms with van der Waals surface area (Å²) in [6, 6.07) is 11.4. The lowest BCUT2D eigenvalue weighted by atomic mass is 10.0. The van der Waals surface area contributed by atoms with Gasteiger partial charge in [-0.25, -0.2) is 38.7 Å². The van der Waals surface area contributed by atoms with Gasteiger partial charge in [0, 0.05) is 107 Å². The fourth-order valence-corrected chi connectivity index (χ4v) is 8.64. The molecule has 2 aliphatic heterocycles. The van der Waals surface area contributed by atoms with Gasteiger partial charge in [-0.15, -0.1) is 0 Å². The third-order valence-corrected chi connectivity index (χ3v) is 13.1. The molecule has 2 aromatic carbocycles. The summed E-state index contributed by atoms with van der Waals surface area (Å²) in [5.41, 5.74) is 1.60. The minimum atomic E-state index is -1.08. The van der Waals surface area contributed by atoms with Crippen LogP contribution in [-0.2, 0) is 27.2 Å². The molecule has 2 aromatic heterocycles. The molecule has 0 aliphatic carbocycles. The Morgan fingerprint density at radius 1 is 0.575 bits per heavy atom. The molecule has 0 saturated carbocycles. The third kappa shape index (κ3) is 17.7. The molecular weight excluding hydrogens is 1030 g/mol. The van der Waals surface area contributed by atoms with Gasteiger partial charge in [0.25, 0.3) is 0 Å². The van der Waals surface area contributed by atoms with Crippen LogP contribution in [0.5, 0.6) is 11.5 Å². The number of aliphatic carboxylic acids is 1. The van der Waals surface area contributed by atoms with Gasteiger partial charge in [0.1, 0.15) is 40.6 Å². The average Bonchev–Trinajstić information content (AvgIpc) is 4.20. The van der Waals surface area contributed by atoms with E-state index in [1.54, 1.807) is 94.7 Å². The number of carboxylic acid groups (broad SMARTS) is 1. The van der Waals surface area contributed by atoms with Crippen LogP contribution in [0.1, 0.15) is 85.3 Å². The minimum absolute atomic E-state index is 0.130. The standard InChI is InChI=1S/C30H45N7O5.C26H37N7O5/c1-9-36(10-2)27-31-20-24(35(8)28(39)34(6)7)25(33-27)32-23(26(38)42-30(3,4)5)19-21-13-15-22(16-14-21)41-29(40)37-17-11-12-18-37;1-6-32(7-2)24-27-17-21(31(5)25(36)30(3)4)22(29-24)28-20(23(34)35)16-18-10-12-19(13-11-18)38-26(37)33-14-8-9-15-33/h13-16,20,23H,9-12,17-19H2,1-8H3,(H,31,32,33);10-13,17,20H,6-9,14-16H2,1-5H3,(H,34,35)(H,27,28,29)/t23-;20-/m00/s1. The van der Waals surface area contributed by atoms with Crippen molar-refractivity contribution in [2.45, 2.75) is 105 Å². The summed E-state index contributed by atoms with van der Waals surface area (Å²) in [7, 11) is 9.79. The summed E-state index contributed by atoms with van der Waals surface area (Å²) in [6.45, 7) is 18.9. The van der Waals surface area contributed by atoms with Crippen LogP contribution >= 0.6 is 0 Å². The quantitative estimate of drug-likeness (QED) is 0.0723. The molecular formula is C56H82N14O10. The Morgan fingerprint density at radius 3 is 1.25 bits per heavy atom. The van der Waals surface area contributed by atoms with E-state index in [2.05, 4.69) is 25.6 Å². The lowest BCUT2D eigenvalue weighted by molar-refractivity contribution is -0.155. The molecule has 80 heavy (non-hydrogen) atoms. The van der Waals surface area contributed by atoms with Gasteiger partial charge >= 0.3 is 36.2 Å². The van der Waals surface area contributed by atoms with Gasteiger partial charge in [-0.05, 0) is 110 Å². The second-order valence-electron chi connectivity index (χ2n) is 20.7. The second kappa shape index (κ2) is 29.2. The van der Waals surface area contributed by atoms with E-state index in [0.29, 0.717) is 92.9 Å². The maximum Gasteiger partial charge on any atom is 0.415 e. The Kier molecular flexibility index (Phi) is 22.8. The summed E-state index contributed by atoms with van der Waals surface area (Å²) >= 11 is 0. The van der Waals surface area contributed by atoms with E-state index in [1.165, 1.54) is 25.8 Å². The van der Waals surface area contributed by atoms with Crippen LogP contribution in [0.3, 0.4) is 0 Å². The highest BCUT2D eigenvalue weighted by molar-refractivity contribution is 5.95. The van der Waals surface area contributed by atoms with Crippen molar-refractivity contribution < 1.29 is 48.1 Å². The number of amides is 6. The van der Waals surface area contributed by atoms with E-state index in [9.17, 15) is 33.9 Å². The lowest BCUT2D eigenvalue weighted by Crippen LogP contribution is -2.40. The summed E-state index contributed by atoms with van der Waals surface area (Å²) < 4.78 is 16.7. The Bertz CT molecular complexity index is 2700. The molecule has 6 amide bonds. The van der Waals surface area contributed by atoms with E-state index in [-0.39, 0.29) is 42.9 Å². The van der Waals surface area contributed by atoms with Gasteiger partial charge in [-0.3, -0.25) is 9.80 Å². The summed E-state index contributed by atoms with van der Waals surface area (Å²) in [5.74, 6) is 0.760. The van der Waals surface area contributed by atoms with Crippen LogP contribution in [0.25, 0.3) is 0 Å². The van der Waals surface area contributed by atoms with E-state index in [1.807, 2.05) is 70.4 Å². The van der Waals surface area contributed by atoms with E-state index in [4.69, 9.17) is 19.2 Å². The van der Waals surface area contributed by atoms with Crippen LogP contribution in [-0.4, -0.2) is 193 Å². The number of likely N-dealkylation sites (tertiary alicyclic amines) is 2. The molecule has 2 fully saturated rings. The zero-order valence-electron chi connectivity index (χ0n) is 48.8. The van der Waals surface area contributed by atoms with E-state index >= 15 is 0 Å². The smallest absolute Gasteiger partial charge is 0.415 e. The first-order chi connectivity index (χ1) is 38.0.